The average Bonchev–Trinajstić information content (AvgIpc) is 3.23. The third-order valence-corrected chi connectivity index (χ3v) is 7.23. The van der Waals surface area contributed by atoms with Crippen molar-refractivity contribution in [1.82, 2.24) is 4.90 Å². The molecule has 0 spiro atoms. The van der Waals surface area contributed by atoms with Gasteiger partial charge in [0.25, 0.3) is 0 Å². The fourth-order valence-corrected chi connectivity index (χ4v) is 5.27. The van der Waals surface area contributed by atoms with E-state index in [9.17, 15) is 4.39 Å². The zero-order valence-electron chi connectivity index (χ0n) is 19.4. The third kappa shape index (κ3) is 6.01. The molecule has 0 radical (unpaired) electrons. The first-order chi connectivity index (χ1) is 16.8. The number of fused-ring (bicyclic) bond motifs is 1. The van der Waals surface area contributed by atoms with Crippen LogP contribution in [0.15, 0.2) is 47.8 Å². The zero-order chi connectivity index (χ0) is 23.2. The van der Waals surface area contributed by atoms with Gasteiger partial charge in [-0.05, 0) is 81.1 Å². The molecule has 2 aliphatic rings. The Morgan fingerprint density at radius 2 is 1.76 bits per heavy atom. The second-order valence-corrected chi connectivity index (χ2v) is 9.91. The molecule has 0 saturated carbocycles. The lowest BCUT2D eigenvalue weighted by Crippen LogP contribution is -2.53. The number of hydrogen-bond donors (Lipinski definition) is 0. The van der Waals surface area contributed by atoms with E-state index in [1.54, 1.807) is 11.3 Å². The van der Waals surface area contributed by atoms with Gasteiger partial charge in [-0.3, -0.25) is 9.29 Å². The number of unbranched alkanes of at least 4 members (excludes halogenated alkanes) is 2. The molecule has 1 atom stereocenters. The van der Waals surface area contributed by atoms with Crippen LogP contribution < -0.4 is 14.2 Å². The number of ether oxygens (including phenoxy) is 4. The lowest BCUT2D eigenvalue weighted by molar-refractivity contribution is -0.105. The molecule has 2 fully saturated rings. The Balaban J connectivity index is 1.11. The second kappa shape index (κ2) is 11.4. The molecule has 0 aliphatic carbocycles. The maximum absolute atomic E-state index is 12.2. The first kappa shape index (κ1) is 23.4. The molecule has 0 bridgehead atoms. The van der Waals surface area contributed by atoms with Gasteiger partial charge in [0, 0.05) is 35.0 Å². The van der Waals surface area contributed by atoms with E-state index in [0.717, 1.165) is 91.4 Å². The van der Waals surface area contributed by atoms with Crippen LogP contribution in [0.1, 0.15) is 38.5 Å². The summed E-state index contributed by atoms with van der Waals surface area (Å²) < 4.78 is 37.2. The molecule has 1 aromatic heterocycles. The van der Waals surface area contributed by atoms with E-state index in [2.05, 4.69) is 17.0 Å². The summed E-state index contributed by atoms with van der Waals surface area (Å²) in [5.41, 5.74) is 0. The smallest absolute Gasteiger partial charge is 0.199 e. The van der Waals surface area contributed by atoms with E-state index < -0.39 is 0 Å². The number of nitrogens with zero attached hydrogens (tertiary/aromatic N) is 1. The van der Waals surface area contributed by atoms with Crippen LogP contribution in [-0.2, 0) is 4.74 Å². The minimum absolute atomic E-state index is 0.141. The number of hydrogen-bond acceptors (Lipinski definition) is 6. The quantitative estimate of drug-likeness (QED) is 0.279. The van der Waals surface area contributed by atoms with Crippen molar-refractivity contribution in [3.05, 3.63) is 47.8 Å². The van der Waals surface area contributed by atoms with Crippen molar-refractivity contribution in [2.45, 2.75) is 50.9 Å². The molecule has 2 saturated heterocycles. The van der Waals surface area contributed by atoms with Crippen LogP contribution in [0.25, 0.3) is 10.1 Å². The molecular formula is C27H32FNO4S. The second-order valence-electron chi connectivity index (χ2n) is 8.99. The summed E-state index contributed by atoms with van der Waals surface area (Å²) >= 11 is 1.65. The van der Waals surface area contributed by atoms with Crippen LogP contribution in [0.4, 0.5) is 4.39 Å². The minimum Gasteiger partial charge on any atom is -0.488 e. The lowest BCUT2D eigenvalue weighted by Gasteiger charge is -2.39. The zero-order valence-corrected chi connectivity index (χ0v) is 20.2. The van der Waals surface area contributed by atoms with E-state index in [-0.39, 0.29) is 19.1 Å². The van der Waals surface area contributed by atoms with Crippen molar-refractivity contribution in [3.63, 3.8) is 0 Å². The van der Waals surface area contributed by atoms with Gasteiger partial charge in [-0.25, -0.2) is 0 Å². The molecule has 1 unspecified atom stereocenters. The van der Waals surface area contributed by atoms with Crippen LogP contribution in [0.3, 0.4) is 0 Å². The number of benzene rings is 2. The minimum atomic E-state index is -0.208. The fraction of sp³-hybridized carbons (Fsp3) is 0.481. The van der Waals surface area contributed by atoms with Crippen molar-refractivity contribution in [1.29, 1.82) is 0 Å². The molecule has 2 aliphatic heterocycles. The molecule has 5 nitrogen and oxygen atoms in total. The Morgan fingerprint density at radius 1 is 0.941 bits per heavy atom. The topological polar surface area (TPSA) is 40.2 Å². The molecule has 7 heteroatoms. The largest absolute Gasteiger partial charge is 0.488 e. The van der Waals surface area contributed by atoms with E-state index in [1.165, 1.54) is 0 Å². The van der Waals surface area contributed by atoms with Crippen molar-refractivity contribution in [3.8, 4) is 23.0 Å². The first-order valence-electron chi connectivity index (χ1n) is 12.3. The van der Waals surface area contributed by atoms with E-state index in [4.69, 9.17) is 18.9 Å². The standard InChI is InChI=1S/C27H32FNO4S/c28-13-3-1-4-14-29-17-23(18-29)31-20-7-9-21(10-8-20)32-25-19-34-26-16-22(11-12-24(25)26)33-27-6-2-5-15-30-27/h7-12,16,19,23,27H,1-6,13-15,17-18H2. The van der Waals surface area contributed by atoms with E-state index in [1.807, 2.05) is 35.7 Å². The van der Waals surface area contributed by atoms with Gasteiger partial charge in [-0.1, -0.05) is 0 Å². The van der Waals surface area contributed by atoms with Gasteiger partial charge >= 0.3 is 0 Å². The summed E-state index contributed by atoms with van der Waals surface area (Å²) in [7, 11) is 0. The van der Waals surface area contributed by atoms with E-state index >= 15 is 0 Å². The monoisotopic (exact) mass is 485 g/mol. The molecule has 34 heavy (non-hydrogen) atoms. The van der Waals surface area contributed by atoms with E-state index in [0.29, 0.717) is 6.42 Å². The van der Waals surface area contributed by atoms with Crippen molar-refractivity contribution in [2.75, 3.05) is 32.9 Å². The lowest BCUT2D eigenvalue weighted by atomic mass is 10.1. The summed E-state index contributed by atoms with van der Waals surface area (Å²) in [6.07, 6.45) is 5.98. The van der Waals surface area contributed by atoms with Gasteiger partial charge in [-0.15, -0.1) is 11.3 Å². The summed E-state index contributed by atoms with van der Waals surface area (Å²) in [4.78, 5) is 2.36. The molecule has 182 valence electrons. The molecule has 3 aromatic rings. The number of thiophene rings is 1. The van der Waals surface area contributed by atoms with Gasteiger partial charge in [0.2, 0.25) is 0 Å². The van der Waals surface area contributed by atoms with Crippen LogP contribution in [0.2, 0.25) is 0 Å². The highest BCUT2D eigenvalue weighted by Gasteiger charge is 2.27. The maximum atomic E-state index is 12.2. The third-order valence-electron chi connectivity index (χ3n) is 6.30. The Kier molecular flexibility index (Phi) is 7.83. The molecular weight excluding hydrogens is 453 g/mol. The van der Waals surface area contributed by atoms with Gasteiger partial charge in [0.1, 0.15) is 29.1 Å². The van der Waals surface area contributed by atoms with Crippen LogP contribution in [0.5, 0.6) is 23.0 Å². The number of halogens is 1. The Hall–Kier alpha value is -2.35. The van der Waals surface area contributed by atoms with Gasteiger partial charge < -0.3 is 18.9 Å². The number of rotatable bonds is 11. The number of likely N-dealkylation sites (tertiary alicyclic amines) is 1. The van der Waals surface area contributed by atoms with Gasteiger partial charge in [-0.2, -0.15) is 0 Å². The van der Waals surface area contributed by atoms with Crippen molar-refractivity contribution < 1.29 is 23.3 Å². The van der Waals surface area contributed by atoms with Crippen LogP contribution >= 0.6 is 11.3 Å². The maximum Gasteiger partial charge on any atom is 0.199 e. The molecule has 2 aromatic carbocycles. The van der Waals surface area contributed by atoms with Crippen molar-refractivity contribution in [2.24, 2.45) is 0 Å². The fourth-order valence-electron chi connectivity index (χ4n) is 4.38. The van der Waals surface area contributed by atoms with Gasteiger partial charge in [0.15, 0.2) is 6.29 Å². The van der Waals surface area contributed by atoms with Crippen LogP contribution in [-0.4, -0.2) is 50.2 Å². The Morgan fingerprint density at radius 3 is 2.56 bits per heavy atom. The van der Waals surface area contributed by atoms with Crippen molar-refractivity contribution >= 4 is 21.4 Å². The summed E-state index contributed by atoms with van der Waals surface area (Å²) in [5, 5.41) is 3.11. The average molecular weight is 486 g/mol. The Bertz CT molecular complexity index is 1040. The van der Waals surface area contributed by atoms with Crippen LogP contribution in [0, 0.1) is 0 Å². The first-order valence-corrected chi connectivity index (χ1v) is 13.2. The Labute approximate surface area is 204 Å². The summed E-state index contributed by atoms with van der Waals surface area (Å²) in [6.45, 7) is 3.47. The highest BCUT2D eigenvalue weighted by atomic mass is 32.1. The highest BCUT2D eigenvalue weighted by Crippen LogP contribution is 2.38. The number of alkyl halides is 1. The molecule has 5 rings (SSSR count). The predicted octanol–water partition coefficient (Wildman–Crippen LogP) is 6.80. The predicted molar refractivity (Wildman–Crippen MR) is 133 cm³/mol. The molecule has 3 heterocycles. The highest BCUT2D eigenvalue weighted by molar-refractivity contribution is 7.17. The molecule has 0 amide bonds. The summed E-state index contributed by atoms with van der Waals surface area (Å²) in [5.74, 6) is 3.32. The summed E-state index contributed by atoms with van der Waals surface area (Å²) in [6, 6.07) is 13.9. The normalized spacial score (nSPS) is 19.1. The molecule has 0 N–H and O–H groups in total. The van der Waals surface area contributed by atoms with Gasteiger partial charge in [0.05, 0.1) is 13.3 Å². The SMILES string of the molecule is FCCCCCN1CC(Oc2ccc(Oc3csc4cc(OC5CCCCO5)ccc34)cc2)C1.